The molecule has 2 aromatic carbocycles. The molecule has 0 aromatic heterocycles. The summed E-state index contributed by atoms with van der Waals surface area (Å²) in [5.41, 5.74) is 5.48. The fourth-order valence-electron chi connectivity index (χ4n) is 2.62. The average Bonchev–Trinajstić information content (AvgIpc) is 2.82. The highest BCUT2D eigenvalue weighted by molar-refractivity contribution is 9.10. The van der Waals surface area contributed by atoms with Crippen LogP contribution in [0, 0.1) is 5.92 Å². The topological polar surface area (TPSA) is 115 Å². The smallest absolute Gasteiger partial charge is 0.338 e. The summed E-state index contributed by atoms with van der Waals surface area (Å²) in [5, 5.41) is 2.40. The summed E-state index contributed by atoms with van der Waals surface area (Å²) in [6.45, 7) is 6.34. The first-order valence-electron chi connectivity index (χ1n) is 10.9. The van der Waals surface area contributed by atoms with Crippen LogP contribution in [0.15, 0.2) is 46.9 Å². The van der Waals surface area contributed by atoms with Crippen molar-refractivity contribution >= 4 is 51.0 Å². The van der Waals surface area contributed by atoms with Crippen LogP contribution in [-0.4, -0.2) is 42.7 Å². The predicted molar refractivity (Wildman–Crippen MR) is 138 cm³/mol. The molecule has 0 aliphatic carbocycles. The first-order chi connectivity index (χ1) is 16.7. The van der Waals surface area contributed by atoms with E-state index in [1.54, 1.807) is 37.3 Å². The fraction of sp³-hybridized carbons (Fsp3) is 0.333. The Hall–Kier alpha value is -3.18. The molecule has 0 aliphatic heterocycles. The Kier molecular flexibility index (Phi) is 11.4. The zero-order chi connectivity index (χ0) is 25.8. The zero-order valence-electron chi connectivity index (χ0n) is 19.7. The van der Waals surface area contributed by atoms with Gasteiger partial charge in [-0.15, -0.1) is 0 Å². The van der Waals surface area contributed by atoms with Gasteiger partial charge in [-0.3, -0.25) is 25.8 Å². The van der Waals surface area contributed by atoms with Crippen LogP contribution in [-0.2, 0) is 9.53 Å². The van der Waals surface area contributed by atoms with Gasteiger partial charge < -0.3 is 14.2 Å². The van der Waals surface area contributed by atoms with Crippen LogP contribution < -0.4 is 25.6 Å². The maximum atomic E-state index is 12.7. The number of rotatable bonds is 10. The highest BCUT2D eigenvalue weighted by Crippen LogP contribution is 2.24. The normalized spacial score (nSPS) is 10.3. The maximum absolute atomic E-state index is 12.7. The van der Waals surface area contributed by atoms with E-state index in [2.05, 4.69) is 45.9 Å². The minimum Gasteiger partial charge on any atom is -0.493 e. The highest BCUT2D eigenvalue weighted by Gasteiger charge is 2.15. The van der Waals surface area contributed by atoms with E-state index in [0.717, 1.165) is 6.42 Å². The maximum Gasteiger partial charge on any atom is 0.338 e. The Bertz CT molecular complexity index is 1050. The van der Waals surface area contributed by atoms with Crippen LogP contribution in [0.25, 0.3) is 0 Å². The number of esters is 1. The van der Waals surface area contributed by atoms with Crippen molar-refractivity contribution < 1.29 is 28.6 Å². The molecule has 0 radical (unpaired) electrons. The number of amides is 2. The second-order valence-corrected chi connectivity index (χ2v) is 8.99. The van der Waals surface area contributed by atoms with Gasteiger partial charge in [0.1, 0.15) is 11.5 Å². The van der Waals surface area contributed by atoms with Crippen molar-refractivity contribution in [3.63, 3.8) is 0 Å². The van der Waals surface area contributed by atoms with Crippen LogP contribution in [0.4, 0.5) is 0 Å². The monoisotopic (exact) mass is 565 g/mol. The molecule has 0 spiro atoms. The second-order valence-electron chi connectivity index (χ2n) is 7.66. The molecule has 0 heterocycles. The molecule has 2 rings (SSSR count). The molecule has 35 heavy (non-hydrogen) atoms. The summed E-state index contributed by atoms with van der Waals surface area (Å²) in [4.78, 5) is 36.4. The Morgan fingerprint density at radius 1 is 1.03 bits per heavy atom. The molecule has 0 saturated carbocycles. The summed E-state index contributed by atoms with van der Waals surface area (Å²) >= 11 is 8.44. The Labute approximate surface area is 218 Å². The summed E-state index contributed by atoms with van der Waals surface area (Å²) < 4.78 is 16.7. The molecular weight excluding hydrogens is 538 g/mol. The largest absolute Gasteiger partial charge is 0.493 e. The summed E-state index contributed by atoms with van der Waals surface area (Å²) in [5.74, 6) is -0.166. The lowest BCUT2D eigenvalue weighted by Crippen LogP contribution is -2.49. The number of nitrogens with one attached hydrogen (secondary N) is 3. The van der Waals surface area contributed by atoms with Gasteiger partial charge in [0, 0.05) is 4.47 Å². The van der Waals surface area contributed by atoms with E-state index in [9.17, 15) is 14.4 Å². The summed E-state index contributed by atoms with van der Waals surface area (Å²) in [7, 11) is 0. The standard InChI is InChI=1S/C24H28BrN3O6S/c1-4-32-23(31)16-5-8-18(9-6-16)34-14-21(29)27-28-24(35)26-22(30)19-13-17(25)7-10-20(19)33-12-11-15(2)3/h5-10,13,15H,4,11-12,14H2,1-3H3,(H,27,29)(H2,26,28,30,35). The first kappa shape index (κ1) is 28.1. The van der Waals surface area contributed by atoms with Gasteiger partial charge in [0.05, 0.1) is 24.3 Å². The van der Waals surface area contributed by atoms with Gasteiger partial charge in [0.15, 0.2) is 11.7 Å². The van der Waals surface area contributed by atoms with Crippen LogP contribution in [0.2, 0.25) is 0 Å². The van der Waals surface area contributed by atoms with E-state index in [4.69, 9.17) is 26.4 Å². The van der Waals surface area contributed by atoms with E-state index in [0.29, 0.717) is 39.6 Å². The van der Waals surface area contributed by atoms with Gasteiger partial charge in [0.2, 0.25) is 0 Å². The number of halogens is 1. The molecule has 0 unspecified atom stereocenters. The summed E-state index contributed by atoms with van der Waals surface area (Å²) in [6.07, 6.45) is 0.848. The zero-order valence-corrected chi connectivity index (χ0v) is 22.1. The van der Waals surface area contributed by atoms with E-state index >= 15 is 0 Å². The lowest BCUT2D eigenvalue weighted by atomic mass is 10.1. The molecule has 188 valence electrons. The van der Waals surface area contributed by atoms with Crippen LogP contribution in [0.1, 0.15) is 47.9 Å². The van der Waals surface area contributed by atoms with E-state index < -0.39 is 17.8 Å². The third kappa shape index (κ3) is 9.91. The number of carbonyl (C=O) groups excluding carboxylic acids is 3. The minimum absolute atomic E-state index is 0.102. The summed E-state index contributed by atoms with van der Waals surface area (Å²) in [6, 6.07) is 11.3. The molecule has 11 heteroatoms. The number of hydrazine groups is 1. The third-order valence-corrected chi connectivity index (χ3v) is 5.11. The number of carbonyl (C=O) groups is 3. The van der Waals surface area contributed by atoms with Gasteiger partial charge >= 0.3 is 5.97 Å². The van der Waals surface area contributed by atoms with Gasteiger partial charge in [-0.2, -0.15) is 0 Å². The molecular formula is C24H28BrN3O6S. The molecule has 9 nitrogen and oxygen atoms in total. The molecule has 0 bridgehead atoms. The average molecular weight is 566 g/mol. The van der Waals surface area contributed by atoms with Crippen molar-refractivity contribution in [1.29, 1.82) is 0 Å². The number of hydrogen-bond acceptors (Lipinski definition) is 7. The van der Waals surface area contributed by atoms with Gasteiger partial charge in [-0.25, -0.2) is 4.79 Å². The van der Waals surface area contributed by atoms with Crippen molar-refractivity contribution in [2.75, 3.05) is 19.8 Å². The molecule has 0 fully saturated rings. The van der Waals surface area contributed by atoms with Crippen LogP contribution in [0.5, 0.6) is 11.5 Å². The quantitative estimate of drug-likeness (QED) is 0.226. The molecule has 0 saturated heterocycles. The Balaban J connectivity index is 1.81. The van der Waals surface area contributed by atoms with Gasteiger partial charge in [-0.05, 0) is 73.9 Å². The molecule has 2 amide bonds. The number of hydrogen-bond donors (Lipinski definition) is 3. The first-order valence-corrected chi connectivity index (χ1v) is 12.1. The van der Waals surface area contributed by atoms with Crippen molar-refractivity contribution in [1.82, 2.24) is 16.2 Å². The molecule has 0 atom stereocenters. The Morgan fingerprint density at radius 3 is 2.40 bits per heavy atom. The number of ether oxygens (including phenoxy) is 3. The lowest BCUT2D eigenvalue weighted by molar-refractivity contribution is -0.123. The lowest BCUT2D eigenvalue weighted by Gasteiger charge is -2.14. The predicted octanol–water partition coefficient (Wildman–Crippen LogP) is 3.77. The van der Waals surface area contributed by atoms with Crippen molar-refractivity contribution in [2.45, 2.75) is 27.2 Å². The van der Waals surface area contributed by atoms with Crippen molar-refractivity contribution in [3.05, 3.63) is 58.1 Å². The second kappa shape index (κ2) is 14.3. The van der Waals surface area contributed by atoms with E-state index in [1.807, 2.05) is 0 Å². The van der Waals surface area contributed by atoms with Crippen LogP contribution in [0.3, 0.4) is 0 Å². The SMILES string of the molecule is CCOC(=O)c1ccc(OCC(=O)NNC(=S)NC(=O)c2cc(Br)ccc2OCCC(C)C)cc1. The fourth-order valence-corrected chi connectivity index (χ4v) is 3.13. The molecule has 3 N–H and O–H groups in total. The van der Waals surface area contributed by atoms with E-state index in [1.165, 1.54) is 12.1 Å². The van der Waals surface area contributed by atoms with Crippen molar-refractivity contribution in [2.24, 2.45) is 5.92 Å². The van der Waals surface area contributed by atoms with E-state index in [-0.39, 0.29) is 18.3 Å². The van der Waals surface area contributed by atoms with Gasteiger partial charge in [0.25, 0.3) is 11.8 Å². The molecule has 0 aliphatic rings. The Morgan fingerprint density at radius 2 is 1.74 bits per heavy atom. The minimum atomic E-state index is -0.531. The highest BCUT2D eigenvalue weighted by atomic mass is 79.9. The third-order valence-electron chi connectivity index (χ3n) is 4.42. The number of thiocarbonyl (C=S) groups is 1. The van der Waals surface area contributed by atoms with Crippen molar-refractivity contribution in [3.8, 4) is 11.5 Å². The number of benzene rings is 2. The molecule has 2 aromatic rings. The van der Waals surface area contributed by atoms with Gasteiger partial charge in [-0.1, -0.05) is 29.8 Å². The van der Waals surface area contributed by atoms with Crippen LogP contribution >= 0.6 is 28.1 Å².